The fourth-order valence-corrected chi connectivity index (χ4v) is 3.35. The summed E-state index contributed by atoms with van der Waals surface area (Å²) < 4.78 is 10.8. The molecule has 0 aliphatic carbocycles. The van der Waals surface area contributed by atoms with Crippen molar-refractivity contribution in [2.24, 2.45) is 5.92 Å². The van der Waals surface area contributed by atoms with Crippen molar-refractivity contribution in [2.45, 2.75) is 13.3 Å². The summed E-state index contributed by atoms with van der Waals surface area (Å²) in [7, 11) is 1.67. The zero-order chi connectivity index (χ0) is 12.8. The third-order valence-electron chi connectivity index (χ3n) is 3.08. The summed E-state index contributed by atoms with van der Waals surface area (Å²) in [5.74, 6) is 4.98. The van der Waals surface area contributed by atoms with Gasteiger partial charge in [-0.3, -0.25) is 0 Å². The maximum atomic E-state index is 5.57. The largest absolute Gasteiger partial charge is 0.493 e. The summed E-state index contributed by atoms with van der Waals surface area (Å²) in [6.07, 6.45) is 1.33. The lowest BCUT2D eigenvalue weighted by molar-refractivity contribution is 0.311. The zero-order valence-corrected chi connectivity index (χ0v) is 11.9. The molecule has 3 nitrogen and oxygen atoms in total. The number of rotatable bonds is 6. The first-order chi connectivity index (χ1) is 8.83. The number of thioether (sulfide) groups is 1. The number of nitrogens with one attached hydrogen (secondary N) is 1. The second-order valence-corrected chi connectivity index (χ2v) is 5.56. The van der Waals surface area contributed by atoms with E-state index in [9.17, 15) is 0 Å². The van der Waals surface area contributed by atoms with E-state index in [1.54, 1.807) is 7.11 Å². The van der Waals surface area contributed by atoms with Crippen molar-refractivity contribution in [3.05, 3.63) is 18.2 Å². The van der Waals surface area contributed by atoms with Gasteiger partial charge in [0.05, 0.1) is 13.7 Å². The third-order valence-corrected chi connectivity index (χ3v) is 4.31. The Kier molecular flexibility index (Phi) is 5.05. The van der Waals surface area contributed by atoms with Gasteiger partial charge in [0.2, 0.25) is 0 Å². The molecule has 1 atom stereocenters. The van der Waals surface area contributed by atoms with Crippen LogP contribution in [0.25, 0.3) is 0 Å². The minimum absolute atomic E-state index is 0.652. The SMILES string of the molecule is CCOc1cc(NCC2CCSC2)ccc1OC. The first-order valence-corrected chi connectivity index (χ1v) is 7.61. The lowest BCUT2D eigenvalue weighted by Crippen LogP contribution is -2.13. The van der Waals surface area contributed by atoms with Gasteiger partial charge in [0.25, 0.3) is 0 Å². The molecule has 1 N–H and O–H groups in total. The van der Waals surface area contributed by atoms with Crippen LogP contribution in [0.1, 0.15) is 13.3 Å². The van der Waals surface area contributed by atoms with Crippen molar-refractivity contribution in [1.29, 1.82) is 0 Å². The van der Waals surface area contributed by atoms with Gasteiger partial charge in [0.1, 0.15) is 0 Å². The van der Waals surface area contributed by atoms with E-state index in [0.29, 0.717) is 6.61 Å². The molecule has 0 amide bonds. The van der Waals surface area contributed by atoms with Gasteiger partial charge in [0, 0.05) is 18.3 Å². The second-order valence-electron chi connectivity index (χ2n) is 4.41. The summed E-state index contributed by atoms with van der Waals surface area (Å²) in [5, 5.41) is 3.49. The minimum Gasteiger partial charge on any atom is -0.493 e. The molecule has 1 heterocycles. The van der Waals surface area contributed by atoms with Crippen LogP contribution in [0, 0.1) is 5.92 Å². The molecule has 0 saturated carbocycles. The van der Waals surface area contributed by atoms with E-state index in [1.165, 1.54) is 17.9 Å². The summed E-state index contributed by atoms with van der Waals surface area (Å²) >= 11 is 2.05. The molecule has 1 unspecified atom stereocenters. The number of hydrogen-bond acceptors (Lipinski definition) is 4. The first kappa shape index (κ1) is 13.4. The first-order valence-electron chi connectivity index (χ1n) is 6.46. The van der Waals surface area contributed by atoms with E-state index in [-0.39, 0.29) is 0 Å². The van der Waals surface area contributed by atoms with E-state index in [2.05, 4.69) is 5.32 Å². The summed E-state index contributed by atoms with van der Waals surface area (Å²) in [4.78, 5) is 0. The lowest BCUT2D eigenvalue weighted by atomic mass is 10.1. The van der Waals surface area contributed by atoms with Crippen LogP contribution in [0.4, 0.5) is 5.69 Å². The Labute approximate surface area is 113 Å². The van der Waals surface area contributed by atoms with Gasteiger partial charge < -0.3 is 14.8 Å². The molecule has 1 aromatic carbocycles. The predicted octanol–water partition coefficient (Wildman–Crippen LogP) is 3.26. The molecule has 100 valence electrons. The molecular weight excluding hydrogens is 246 g/mol. The van der Waals surface area contributed by atoms with E-state index in [1.807, 2.05) is 36.9 Å². The van der Waals surface area contributed by atoms with Gasteiger partial charge in [-0.2, -0.15) is 11.8 Å². The van der Waals surface area contributed by atoms with Crippen LogP contribution in [0.15, 0.2) is 18.2 Å². The average Bonchev–Trinajstić information content (AvgIpc) is 2.90. The van der Waals surface area contributed by atoms with Gasteiger partial charge in [0.15, 0.2) is 11.5 Å². The summed E-state index contributed by atoms with van der Waals surface area (Å²) in [6.45, 7) is 3.68. The zero-order valence-electron chi connectivity index (χ0n) is 11.1. The smallest absolute Gasteiger partial charge is 0.163 e. The van der Waals surface area contributed by atoms with Gasteiger partial charge in [-0.15, -0.1) is 0 Å². The number of hydrogen-bond donors (Lipinski definition) is 1. The molecule has 1 aliphatic rings. The standard InChI is InChI=1S/C14H21NO2S/c1-3-17-14-8-12(4-5-13(14)16-2)15-9-11-6-7-18-10-11/h4-5,8,11,15H,3,6-7,9-10H2,1-2H3. The summed E-state index contributed by atoms with van der Waals surface area (Å²) in [6, 6.07) is 6.02. The Hall–Kier alpha value is -1.03. The van der Waals surface area contributed by atoms with E-state index < -0.39 is 0 Å². The Morgan fingerprint density at radius 2 is 2.28 bits per heavy atom. The molecule has 0 radical (unpaired) electrons. The molecule has 4 heteroatoms. The topological polar surface area (TPSA) is 30.5 Å². The quantitative estimate of drug-likeness (QED) is 0.857. The highest BCUT2D eigenvalue weighted by Gasteiger charge is 2.15. The van der Waals surface area contributed by atoms with Crippen molar-refractivity contribution < 1.29 is 9.47 Å². The molecule has 2 rings (SSSR count). The number of methoxy groups -OCH3 is 1. The van der Waals surface area contributed by atoms with Crippen LogP contribution < -0.4 is 14.8 Å². The van der Waals surface area contributed by atoms with Crippen molar-refractivity contribution >= 4 is 17.4 Å². The molecule has 1 fully saturated rings. The van der Waals surface area contributed by atoms with Crippen molar-refractivity contribution in [3.8, 4) is 11.5 Å². The molecule has 0 spiro atoms. The molecule has 1 aromatic rings. The summed E-state index contributed by atoms with van der Waals surface area (Å²) in [5.41, 5.74) is 1.11. The third kappa shape index (κ3) is 3.48. The van der Waals surface area contributed by atoms with Gasteiger partial charge >= 0.3 is 0 Å². The van der Waals surface area contributed by atoms with Crippen LogP contribution in [0.2, 0.25) is 0 Å². The molecule has 1 saturated heterocycles. The van der Waals surface area contributed by atoms with Gasteiger partial charge in [-0.25, -0.2) is 0 Å². The van der Waals surface area contributed by atoms with Gasteiger partial charge in [-0.1, -0.05) is 0 Å². The fourth-order valence-electron chi connectivity index (χ4n) is 2.06. The predicted molar refractivity (Wildman–Crippen MR) is 78.1 cm³/mol. The molecule has 1 aliphatic heterocycles. The number of ether oxygens (including phenoxy) is 2. The Morgan fingerprint density at radius 3 is 2.94 bits per heavy atom. The Balaban J connectivity index is 1.96. The van der Waals surface area contributed by atoms with E-state index in [4.69, 9.17) is 9.47 Å². The van der Waals surface area contributed by atoms with Crippen molar-refractivity contribution in [2.75, 3.05) is 37.1 Å². The normalized spacial score (nSPS) is 18.7. The van der Waals surface area contributed by atoms with Crippen LogP contribution >= 0.6 is 11.8 Å². The maximum Gasteiger partial charge on any atom is 0.163 e. The highest BCUT2D eigenvalue weighted by atomic mass is 32.2. The monoisotopic (exact) mass is 267 g/mol. The Morgan fingerprint density at radius 1 is 1.39 bits per heavy atom. The van der Waals surface area contributed by atoms with Crippen molar-refractivity contribution in [3.63, 3.8) is 0 Å². The molecule has 0 bridgehead atoms. The maximum absolute atomic E-state index is 5.57. The molecule has 0 aromatic heterocycles. The van der Waals surface area contributed by atoms with Crippen LogP contribution in [0.5, 0.6) is 11.5 Å². The fraction of sp³-hybridized carbons (Fsp3) is 0.571. The Bertz CT molecular complexity index is 378. The lowest BCUT2D eigenvalue weighted by Gasteiger charge is -2.14. The minimum atomic E-state index is 0.652. The van der Waals surface area contributed by atoms with Crippen molar-refractivity contribution in [1.82, 2.24) is 0 Å². The number of anilines is 1. The van der Waals surface area contributed by atoms with Crippen LogP contribution in [-0.4, -0.2) is 31.8 Å². The highest BCUT2D eigenvalue weighted by Crippen LogP contribution is 2.31. The molecular formula is C14H21NO2S. The average molecular weight is 267 g/mol. The second kappa shape index (κ2) is 6.78. The molecule has 18 heavy (non-hydrogen) atoms. The number of benzene rings is 1. The highest BCUT2D eigenvalue weighted by molar-refractivity contribution is 7.99. The van der Waals surface area contributed by atoms with Crippen LogP contribution in [0.3, 0.4) is 0 Å². The van der Waals surface area contributed by atoms with E-state index in [0.717, 1.165) is 29.6 Å². The van der Waals surface area contributed by atoms with Crippen LogP contribution in [-0.2, 0) is 0 Å². The van der Waals surface area contributed by atoms with E-state index >= 15 is 0 Å². The van der Waals surface area contributed by atoms with Gasteiger partial charge in [-0.05, 0) is 42.9 Å².